The lowest BCUT2D eigenvalue weighted by molar-refractivity contribution is 0.172. The Morgan fingerprint density at radius 2 is 1.69 bits per heavy atom. The van der Waals surface area contributed by atoms with Crippen LogP contribution in [0, 0.1) is 5.92 Å². The summed E-state index contributed by atoms with van der Waals surface area (Å²) in [6, 6.07) is 0. The summed E-state index contributed by atoms with van der Waals surface area (Å²) in [6.07, 6.45) is 8.14. The van der Waals surface area contributed by atoms with E-state index >= 15 is 0 Å². The fourth-order valence-corrected chi connectivity index (χ4v) is 4.48. The molecule has 2 aliphatic rings. The molecule has 1 saturated carbocycles. The van der Waals surface area contributed by atoms with Crippen molar-refractivity contribution < 1.29 is 9.32 Å². The number of aliphatic hydroxyl groups is 1. The zero-order chi connectivity index (χ0) is 11.4. The zero-order valence-corrected chi connectivity index (χ0v) is 10.8. The van der Waals surface area contributed by atoms with Crippen LogP contribution in [0.15, 0.2) is 0 Å². The Balaban J connectivity index is 1.81. The summed E-state index contributed by atoms with van der Waals surface area (Å²) in [7, 11) is -0.758. The predicted octanol–water partition coefficient (Wildman–Crippen LogP) is 1.69. The van der Waals surface area contributed by atoms with Crippen LogP contribution in [0.2, 0.25) is 0 Å². The van der Waals surface area contributed by atoms with Crippen LogP contribution in [0.1, 0.15) is 44.9 Å². The van der Waals surface area contributed by atoms with E-state index in [1.165, 1.54) is 19.3 Å². The molecule has 1 N–H and O–H groups in total. The minimum absolute atomic E-state index is 0.296. The third-order valence-electron chi connectivity index (χ3n) is 3.92. The van der Waals surface area contributed by atoms with Crippen molar-refractivity contribution in [1.29, 1.82) is 0 Å². The minimum Gasteiger partial charge on any atom is -0.396 e. The van der Waals surface area contributed by atoms with Crippen LogP contribution in [0.4, 0.5) is 0 Å². The largest absolute Gasteiger partial charge is 0.396 e. The molecule has 94 valence electrons. The molecule has 0 aromatic heterocycles. The summed E-state index contributed by atoms with van der Waals surface area (Å²) in [4.78, 5) is 0. The third kappa shape index (κ3) is 3.05. The maximum absolute atomic E-state index is 12.3. The van der Waals surface area contributed by atoms with Gasteiger partial charge in [0, 0.05) is 24.9 Å². The van der Waals surface area contributed by atoms with Crippen molar-refractivity contribution in [2.24, 2.45) is 5.92 Å². The molecule has 1 aliphatic heterocycles. The number of hydrogen-bond donors (Lipinski definition) is 1. The Morgan fingerprint density at radius 3 is 2.25 bits per heavy atom. The highest BCUT2D eigenvalue weighted by Crippen LogP contribution is 2.26. The monoisotopic (exact) mass is 245 g/mol. The molecule has 3 nitrogen and oxygen atoms in total. The number of aliphatic hydroxyl groups excluding tert-OH is 1. The van der Waals surface area contributed by atoms with Gasteiger partial charge in [0.15, 0.2) is 0 Å². The van der Waals surface area contributed by atoms with E-state index in [4.69, 9.17) is 5.11 Å². The van der Waals surface area contributed by atoms with E-state index < -0.39 is 11.0 Å². The number of rotatable bonds is 3. The molecular weight excluding hydrogens is 222 g/mol. The van der Waals surface area contributed by atoms with Gasteiger partial charge in [0.1, 0.15) is 0 Å². The van der Waals surface area contributed by atoms with E-state index in [-0.39, 0.29) is 0 Å². The maximum atomic E-state index is 12.3. The van der Waals surface area contributed by atoms with Gasteiger partial charge in [-0.3, -0.25) is 0 Å². The standard InChI is InChI=1S/C12H23NO2S/c14-10-11-6-8-13(9-7-11)16(15)12-4-2-1-3-5-12/h11-12,14H,1-10H2. The molecule has 0 aromatic rings. The summed E-state index contributed by atoms with van der Waals surface area (Å²) >= 11 is 0. The Hall–Kier alpha value is 0.0700. The molecule has 1 aliphatic carbocycles. The highest BCUT2D eigenvalue weighted by Gasteiger charge is 2.28. The molecule has 16 heavy (non-hydrogen) atoms. The summed E-state index contributed by atoms with van der Waals surface area (Å²) < 4.78 is 14.5. The number of nitrogens with zero attached hydrogens (tertiary/aromatic N) is 1. The van der Waals surface area contributed by atoms with Crippen LogP contribution in [0.25, 0.3) is 0 Å². The van der Waals surface area contributed by atoms with Crippen LogP contribution in [-0.4, -0.2) is 38.6 Å². The Bertz CT molecular complexity index is 233. The van der Waals surface area contributed by atoms with Gasteiger partial charge in [-0.25, -0.2) is 8.51 Å². The fraction of sp³-hybridized carbons (Fsp3) is 1.00. The first-order chi connectivity index (χ1) is 7.81. The molecule has 0 spiro atoms. The van der Waals surface area contributed by atoms with Gasteiger partial charge in [-0.2, -0.15) is 0 Å². The molecule has 0 aromatic carbocycles. The van der Waals surface area contributed by atoms with Gasteiger partial charge in [-0.15, -0.1) is 0 Å². The second-order valence-corrected chi connectivity index (χ2v) is 6.83. The topological polar surface area (TPSA) is 40.5 Å². The average Bonchev–Trinajstić information content (AvgIpc) is 2.39. The predicted molar refractivity (Wildman–Crippen MR) is 66.4 cm³/mol. The van der Waals surface area contributed by atoms with E-state index in [1.807, 2.05) is 0 Å². The second-order valence-electron chi connectivity index (χ2n) is 5.09. The minimum atomic E-state index is -0.758. The number of hydrogen-bond acceptors (Lipinski definition) is 2. The summed E-state index contributed by atoms with van der Waals surface area (Å²) in [5, 5.41) is 9.49. The van der Waals surface area contributed by atoms with Gasteiger partial charge >= 0.3 is 0 Å². The SMILES string of the molecule is O=S(C1CCCCC1)N1CCC(CO)CC1. The maximum Gasteiger partial charge on any atom is 0.0974 e. The van der Waals surface area contributed by atoms with E-state index in [2.05, 4.69) is 4.31 Å². The molecule has 1 heterocycles. The quantitative estimate of drug-likeness (QED) is 0.822. The molecule has 1 atom stereocenters. The van der Waals surface area contributed by atoms with Crippen LogP contribution in [0.5, 0.6) is 0 Å². The lowest BCUT2D eigenvalue weighted by Crippen LogP contribution is -2.40. The molecule has 2 fully saturated rings. The molecule has 0 amide bonds. The van der Waals surface area contributed by atoms with Crippen LogP contribution in [0.3, 0.4) is 0 Å². The third-order valence-corrected chi connectivity index (χ3v) is 5.84. The normalized spacial score (nSPS) is 28.1. The smallest absolute Gasteiger partial charge is 0.0974 e. The summed E-state index contributed by atoms with van der Waals surface area (Å²) in [6.45, 7) is 2.12. The van der Waals surface area contributed by atoms with Crippen LogP contribution in [-0.2, 0) is 11.0 Å². The first-order valence-electron chi connectivity index (χ1n) is 6.57. The molecule has 1 unspecified atom stereocenters. The van der Waals surface area contributed by atoms with Gasteiger partial charge in [0.25, 0.3) is 0 Å². The molecular formula is C12H23NO2S. The van der Waals surface area contributed by atoms with Gasteiger partial charge in [-0.05, 0) is 31.6 Å². The van der Waals surface area contributed by atoms with Gasteiger partial charge in [0.2, 0.25) is 0 Å². The second kappa shape index (κ2) is 6.12. The van der Waals surface area contributed by atoms with Gasteiger partial charge < -0.3 is 5.11 Å². The van der Waals surface area contributed by atoms with Crippen molar-refractivity contribution >= 4 is 11.0 Å². The van der Waals surface area contributed by atoms with E-state index in [1.54, 1.807) is 0 Å². The molecule has 2 rings (SSSR count). The van der Waals surface area contributed by atoms with Gasteiger partial charge in [-0.1, -0.05) is 19.3 Å². The van der Waals surface area contributed by atoms with Crippen molar-refractivity contribution in [2.45, 2.75) is 50.2 Å². The van der Waals surface area contributed by atoms with E-state index in [0.717, 1.165) is 38.8 Å². The molecule has 1 saturated heterocycles. The first-order valence-corrected chi connectivity index (χ1v) is 7.74. The zero-order valence-electron chi connectivity index (χ0n) is 9.94. The van der Waals surface area contributed by atoms with E-state index in [0.29, 0.717) is 17.8 Å². The summed E-state index contributed by atoms with van der Waals surface area (Å²) in [5.41, 5.74) is 0. The molecule has 4 heteroatoms. The fourth-order valence-electron chi connectivity index (χ4n) is 2.75. The van der Waals surface area contributed by atoms with Crippen molar-refractivity contribution in [3.63, 3.8) is 0 Å². The number of piperidine rings is 1. The summed E-state index contributed by atoms with van der Waals surface area (Å²) in [5.74, 6) is 0.444. The Kier molecular flexibility index (Phi) is 4.79. The van der Waals surface area contributed by atoms with Crippen molar-refractivity contribution in [1.82, 2.24) is 4.31 Å². The Labute approximate surface area is 101 Å². The lowest BCUT2D eigenvalue weighted by Gasteiger charge is -2.33. The lowest BCUT2D eigenvalue weighted by atomic mass is 9.99. The van der Waals surface area contributed by atoms with Crippen LogP contribution >= 0.6 is 0 Å². The first kappa shape index (κ1) is 12.5. The molecule has 0 radical (unpaired) electrons. The van der Waals surface area contributed by atoms with Crippen molar-refractivity contribution in [3.05, 3.63) is 0 Å². The highest BCUT2D eigenvalue weighted by molar-refractivity contribution is 7.83. The molecule has 0 bridgehead atoms. The van der Waals surface area contributed by atoms with Crippen molar-refractivity contribution in [2.75, 3.05) is 19.7 Å². The average molecular weight is 245 g/mol. The van der Waals surface area contributed by atoms with Gasteiger partial charge in [0.05, 0.1) is 11.0 Å². The van der Waals surface area contributed by atoms with Crippen molar-refractivity contribution in [3.8, 4) is 0 Å². The highest BCUT2D eigenvalue weighted by atomic mass is 32.2. The van der Waals surface area contributed by atoms with Crippen LogP contribution < -0.4 is 0 Å². The van der Waals surface area contributed by atoms with E-state index in [9.17, 15) is 4.21 Å². The Morgan fingerprint density at radius 1 is 1.06 bits per heavy atom.